The molecule has 148 valence electrons. The van der Waals surface area contributed by atoms with Crippen LogP contribution in [0.25, 0.3) is 22.0 Å². The first-order valence-corrected chi connectivity index (χ1v) is 10.4. The quantitative estimate of drug-likeness (QED) is 0.337. The molecule has 4 rings (SSSR count). The van der Waals surface area contributed by atoms with Crippen molar-refractivity contribution in [1.29, 1.82) is 0 Å². The fraction of sp³-hybridized carbons (Fsp3) is 0.150. The van der Waals surface area contributed by atoms with Crippen molar-refractivity contribution in [2.45, 2.75) is 24.1 Å². The van der Waals surface area contributed by atoms with Crippen molar-refractivity contribution in [2.24, 2.45) is 0 Å². The third-order valence-electron chi connectivity index (χ3n) is 4.06. The molecule has 0 bridgehead atoms. The SMILES string of the molecule is Cc1ccc(-c2nnc(SCc3csc(-c4ccc(C(F)(F)F)cc4)n3)o2)cc1. The number of alkyl halides is 3. The van der Waals surface area contributed by atoms with Crippen LogP contribution in [0.2, 0.25) is 0 Å². The zero-order valence-electron chi connectivity index (χ0n) is 15.1. The molecule has 0 spiro atoms. The Bertz CT molecular complexity index is 1100. The number of rotatable bonds is 5. The molecule has 0 aliphatic rings. The zero-order chi connectivity index (χ0) is 20.4. The second kappa shape index (κ2) is 8.00. The highest BCUT2D eigenvalue weighted by Crippen LogP contribution is 2.33. The normalized spacial score (nSPS) is 11.7. The van der Waals surface area contributed by atoms with E-state index in [1.54, 1.807) is 0 Å². The van der Waals surface area contributed by atoms with Crippen LogP contribution < -0.4 is 0 Å². The second-order valence-electron chi connectivity index (χ2n) is 6.25. The van der Waals surface area contributed by atoms with Gasteiger partial charge >= 0.3 is 6.18 Å². The van der Waals surface area contributed by atoms with Crippen molar-refractivity contribution in [3.8, 4) is 22.0 Å². The molecule has 2 aromatic carbocycles. The molecular formula is C20H14F3N3OS2. The first kappa shape index (κ1) is 19.7. The van der Waals surface area contributed by atoms with Gasteiger partial charge in [0.25, 0.3) is 5.22 Å². The van der Waals surface area contributed by atoms with E-state index in [0.29, 0.717) is 27.4 Å². The fourth-order valence-corrected chi connectivity index (χ4v) is 4.11. The topological polar surface area (TPSA) is 51.8 Å². The molecule has 0 fully saturated rings. The Morgan fingerprint density at radius 3 is 2.34 bits per heavy atom. The van der Waals surface area contributed by atoms with E-state index < -0.39 is 11.7 Å². The third-order valence-corrected chi connectivity index (χ3v) is 5.85. The molecule has 0 N–H and O–H groups in total. The van der Waals surface area contributed by atoms with Crippen molar-refractivity contribution in [3.63, 3.8) is 0 Å². The lowest BCUT2D eigenvalue weighted by atomic mass is 10.1. The van der Waals surface area contributed by atoms with Gasteiger partial charge in [-0.05, 0) is 31.2 Å². The van der Waals surface area contributed by atoms with Crippen LogP contribution in [0.5, 0.6) is 0 Å². The molecule has 4 nitrogen and oxygen atoms in total. The monoisotopic (exact) mass is 433 g/mol. The molecule has 9 heteroatoms. The molecule has 0 unspecified atom stereocenters. The van der Waals surface area contributed by atoms with Crippen molar-refractivity contribution < 1.29 is 17.6 Å². The Labute approximate surface area is 172 Å². The maximum absolute atomic E-state index is 12.7. The molecule has 0 aliphatic carbocycles. The number of aryl methyl sites for hydroxylation is 1. The first-order valence-electron chi connectivity index (χ1n) is 8.54. The fourth-order valence-electron chi connectivity index (χ4n) is 2.52. The summed E-state index contributed by atoms with van der Waals surface area (Å²) in [4.78, 5) is 4.49. The average molecular weight is 433 g/mol. The van der Waals surface area contributed by atoms with E-state index in [1.165, 1.54) is 35.2 Å². The van der Waals surface area contributed by atoms with Gasteiger partial charge in [0.15, 0.2) is 0 Å². The molecule has 4 aromatic rings. The van der Waals surface area contributed by atoms with Gasteiger partial charge in [0.1, 0.15) is 5.01 Å². The number of nitrogens with zero attached hydrogens (tertiary/aromatic N) is 3. The summed E-state index contributed by atoms with van der Waals surface area (Å²) in [7, 11) is 0. The van der Waals surface area contributed by atoms with E-state index >= 15 is 0 Å². The predicted octanol–water partition coefficient (Wildman–Crippen LogP) is 6.48. The van der Waals surface area contributed by atoms with E-state index in [9.17, 15) is 13.2 Å². The van der Waals surface area contributed by atoms with Crippen LogP contribution in [0, 0.1) is 6.92 Å². The summed E-state index contributed by atoms with van der Waals surface area (Å²) < 4.78 is 43.7. The first-order chi connectivity index (χ1) is 13.9. The summed E-state index contributed by atoms with van der Waals surface area (Å²) in [6.07, 6.45) is -4.34. The van der Waals surface area contributed by atoms with Crippen molar-refractivity contribution in [1.82, 2.24) is 15.2 Å². The number of thiazole rings is 1. The van der Waals surface area contributed by atoms with E-state index in [2.05, 4.69) is 15.2 Å². The van der Waals surface area contributed by atoms with Crippen LogP contribution >= 0.6 is 23.1 Å². The number of hydrogen-bond donors (Lipinski definition) is 0. The Kier molecular flexibility index (Phi) is 5.42. The largest absolute Gasteiger partial charge is 0.416 e. The molecule has 29 heavy (non-hydrogen) atoms. The zero-order valence-corrected chi connectivity index (χ0v) is 16.7. The second-order valence-corrected chi connectivity index (χ2v) is 8.03. The van der Waals surface area contributed by atoms with Gasteiger partial charge in [0.05, 0.1) is 11.3 Å². The number of benzene rings is 2. The van der Waals surface area contributed by atoms with Gasteiger partial charge in [-0.2, -0.15) is 13.2 Å². The molecule has 0 aliphatic heterocycles. The predicted molar refractivity (Wildman–Crippen MR) is 107 cm³/mol. The molecule has 2 aromatic heterocycles. The van der Waals surface area contributed by atoms with Crippen LogP contribution in [0.4, 0.5) is 13.2 Å². The highest BCUT2D eigenvalue weighted by molar-refractivity contribution is 7.98. The van der Waals surface area contributed by atoms with Gasteiger partial charge in [0.2, 0.25) is 5.89 Å². The van der Waals surface area contributed by atoms with Gasteiger partial charge in [-0.25, -0.2) is 4.98 Å². The molecule has 2 heterocycles. The Hall–Kier alpha value is -2.65. The van der Waals surface area contributed by atoms with Crippen LogP contribution in [0.1, 0.15) is 16.8 Å². The molecular weight excluding hydrogens is 419 g/mol. The molecule has 0 saturated carbocycles. The lowest BCUT2D eigenvalue weighted by molar-refractivity contribution is -0.137. The van der Waals surface area contributed by atoms with E-state index in [1.807, 2.05) is 36.6 Å². The Balaban J connectivity index is 1.40. The summed E-state index contributed by atoms with van der Waals surface area (Å²) in [5.41, 5.74) is 2.78. The lowest BCUT2D eigenvalue weighted by Crippen LogP contribution is -2.03. The number of halogens is 3. The van der Waals surface area contributed by atoms with E-state index in [-0.39, 0.29) is 0 Å². The van der Waals surface area contributed by atoms with E-state index in [4.69, 9.17) is 4.42 Å². The minimum absolute atomic E-state index is 0.435. The lowest BCUT2D eigenvalue weighted by Gasteiger charge is -2.06. The Morgan fingerprint density at radius 2 is 1.66 bits per heavy atom. The maximum atomic E-state index is 12.7. The van der Waals surface area contributed by atoms with Crippen LogP contribution in [-0.4, -0.2) is 15.2 Å². The summed E-state index contributed by atoms with van der Waals surface area (Å²) in [5.74, 6) is 0.975. The van der Waals surface area contributed by atoms with Crippen LogP contribution in [0.3, 0.4) is 0 Å². The van der Waals surface area contributed by atoms with Gasteiger partial charge in [-0.15, -0.1) is 21.5 Å². The standard InChI is InChI=1S/C20H14F3N3OS2/c1-12-2-4-13(5-3-12)17-25-26-19(27-17)29-11-16-10-28-18(24-16)14-6-8-15(9-7-14)20(21,22)23/h2-10H,11H2,1H3. The van der Waals surface area contributed by atoms with Crippen molar-refractivity contribution in [3.05, 3.63) is 70.7 Å². The summed E-state index contributed by atoms with van der Waals surface area (Å²) in [6.45, 7) is 2.01. The van der Waals surface area contributed by atoms with Gasteiger partial charge in [-0.3, -0.25) is 0 Å². The third kappa shape index (κ3) is 4.68. The highest BCUT2D eigenvalue weighted by Gasteiger charge is 2.30. The van der Waals surface area contributed by atoms with E-state index in [0.717, 1.165) is 29.0 Å². The van der Waals surface area contributed by atoms with Crippen LogP contribution in [-0.2, 0) is 11.9 Å². The molecule has 0 atom stereocenters. The van der Waals surface area contributed by atoms with Crippen LogP contribution in [0.15, 0.2) is 63.6 Å². The number of thioether (sulfide) groups is 1. The summed E-state index contributed by atoms with van der Waals surface area (Å²) in [5, 5.41) is 11.1. The minimum atomic E-state index is -4.34. The van der Waals surface area contributed by atoms with Gasteiger partial charge in [-0.1, -0.05) is 41.6 Å². The van der Waals surface area contributed by atoms with Gasteiger partial charge < -0.3 is 4.42 Å². The highest BCUT2D eigenvalue weighted by atomic mass is 32.2. The molecule has 0 radical (unpaired) electrons. The number of hydrogen-bond acceptors (Lipinski definition) is 6. The minimum Gasteiger partial charge on any atom is -0.411 e. The maximum Gasteiger partial charge on any atom is 0.416 e. The van der Waals surface area contributed by atoms with Gasteiger partial charge in [0, 0.05) is 22.3 Å². The summed E-state index contributed by atoms with van der Waals surface area (Å²) in [6, 6.07) is 12.8. The molecule has 0 saturated heterocycles. The van der Waals surface area contributed by atoms with Crippen molar-refractivity contribution >= 4 is 23.1 Å². The number of aromatic nitrogens is 3. The van der Waals surface area contributed by atoms with Crippen molar-refractivity contribution in [2.75, 3.05) is 0 Å². The Morgan fingerprint density at radius 1 is 0.966 bits per heavy atom. The average Bonchev–Trinajstić information content (AvgIpc) is 3.36. The summed E-state index contributed by atoms with van der Waals surface area (Å²) >= 11 is 2.74. The molecule has 0 amide bonds. The smallest absolute Gasteiger partial charge is 0.411 e.